The van der Waals surface area contributed by atoms with Crippen LogP contribution >= 0.6 is 23.4 Å². The molecule has 1 N–H and O–H groups in total. The molecule has 0 radical (unpaired) electrons. The maximum absolute atomic E-state index is 14.3. The Labute approximate surface area is 175 Å². The molecule has 0 bridgehead atoms. The van der Waals surface area contributed by atoms with Crippen molar-refractivity contribution in [1.29, 1.82) is 0 Å². The number of hydrogen-bond acceptors (Lipinski definition) is 2. The maximum atomic E-state index is 14.3. The highest BCUT2D eigenvalue weighted by Crippen LogP contribution is 2.37. The largest absolute Gasteiger partial charge is 0.399 e. The molecular formula is C21H18ClF4NOS. The van der Waals surface area contributed by atoms with Crippen molar-refractivity contribution in [2.45, 2.75) is 25.1 Å². The number of allylic oxidation sites excluding steroid dienone is 1. The minimum Gasteiger partial charge on any atom is -0.348 e. The summed E-state index contributed by atoms with van der Waals surface area (Å²) in [4.78, 5) is 12.1. The number of amides is 1. The number of alkyl halides is 3. The van der Waals surface area contributed by atoms with E-state index in [1.165, 1.54) is 30.3 Å². The van der Waals surface area contributed by atoms with E-state index in [4.69, 9.17) is 11.6 Å². The predicted octanol–water partition coefficient (Wildman–Crippen LogP) is 5.99. The molecule has 8 heteroatoms. The number of halogens is 5. The third kappa shape index (κ3) is 5.54. The first-order valence-corrected chi connectivity index (χ1v) is 10.4. The Bertz CT molecular complexity index is 921. The van der Waals surface area contributed by atoms with Gasteiger partial charge in [0.1, 0.15) is 5.82 Å². The van der Waals surface area contributed by atoms with Crippen LogP contribution < -0.4 is 5.32 Å². The number of carbonyl (C=O) groups is 1. The molecule has 1 unspecified atom stereocenters. The van der Waals surface area contributed by atoms with E-state index in [-0.39, 0.29) is 27.8 Å². The van der Waals surface area contributed by atoms with E-state index in [0.29, 0.717) is 5.56 Å². The lowest BCUT2D eigenvalue weighted by molar-refractivity contribution is -0.139. The monoisotopic (exact) mass is 443 g/mol. The van der Waals surface area contributed by atoms with Gasteiger partial charge in [-0.25, -0.2) is 4.39 Å². The zero-order valence-corrected chi connectivity index (χ0v) is 17.0. The maximum Gasteiger partial charge on any atom is 0.399 e. The Hall–Kier alpha value is -1.99. The third-order valence-corrected chi connectivity index (χ3v) is 5.96. The summed E-state index contributed by atoms with van der Waals surface area (Å²) in [6, 6.07) is 8.04. The van der Waals surface area contributed by atoms with E-state index in [0.717, 1.165) is 23.6 Å². The summed E-state index contributed by atoms with van der Waals surface area (Å²) in [5.41, 5.74) is 0.721. The molecule has 0 aliphatic carbocycles. The standard InChI is InChI=1S/C21H18ClF4NOS/c1-12-6-14(9-15(22)7-12)18(21(24,25)26)5-3-13-2-4-17(19(23)8-13)20(28)27-16-10-29-11-16/h2-9,16,18H,10-11H2,1H3,(H,27,28)/b5-3+. The van der Waals surface area contributed by atoms with Crippen LogP contribution in [0, 0.1) is 12.7 Å². The molecule has 1 saturated heterocycles. The third-order valence-electron chi connectivity index (χ3n) is 4.47. The van der Waals surface area contributed by atoms with E-state index in [9.17, 15) is 22.4 Å². The van der Waals surface area contributed by atoms with Crippen LogP contribution in [0.3, 0.4) is 0 Å². The van der Waals surface area contributed by atoms with E-state index in [1.807, 2.05) is 0 Å². The molecule has 2 nitrogen and oxygen atoms in total. The average Bonchev–Trinajstić information content (AvgIpc) is 2.56. The number of aryl methyl sites for hydroxylation is 1. The molecular weight excluding hydrogens is 426 g/mol. The van der Waals surface area contributed by atoms with Crippen molar-refractivity contribution in [2.24, 2.45) is 0 Å². The second kappa shape index (κ2) is 8.79. The molecule has 3 rings (SSSR count). The Morgan fingerprint density at radius 3 is 2.52 bits per heavy atom. The van der Waals surface area contributed by atoms with Crippen molar-refractivity contribution in [3.05, 3.63) is 75.6 Å². The minimum atomic E-state index is -4.53. The van der Waals surface area contributed by atoms with Gasteiger partial charge in [0.25, 0.3) is 5.91 Å². The molecule has 0 spiro atoms. The molecule has 0 aromatic heterocycles. The normalized spacial score (nSPS) is 15.9. The fraction of sp³-hybridized carbons (Fsp3) is 0.286. The van der Waals surface area contributed by atoms with Crippen LogP contribution in [0.15, 0.2) is 42.5 Å². The highest BCUT2D eigenvalue weighted by Gasteiger charge is 2.39. The lowest BCUT2D eigenvalue weighted by atomic mass is 9.95. The molecule has 2 aromatic carbocycles. The fourth-order valence-corrected chi connectivity index (χ4v) is 3.90. The van der Waals surface area contributed by atoms with E-state index in [2.05, 4.69) is 5.32 Å². The van der Waals surface area contributed by atoms with Crippen molar-refractivity contribution in [2.75, 3.05) is 11.5 Å². The van der Waals surface area contributed by atoms with E-state index in [1.54, 1.807) is 24.8 Å². The number of hydrogen-bond donors (Lipinski definition) is 1. The SMILES string of the molecule is Cc1cc(Cl)cc(C(/C=C/c2ccc(C(=O)NC3CSC3)c(F)c2)C(F)(F)F)c1. The molecule has 0 saturated carbocycles. The van der Waals surface area contributed by atoms with Gasteiger partial charge < -0.3 is 5.32 Å². The summed E-state index contributed by atoms with van der Waals surface area (Å²) in [5, 5.41) is 2.93. The van der Waals surface area contributed by atoms with Gasteiger partial charge in [-0.1, -0.05) is 35.9 Å². The van der Waals surface area contributed by atoms with Crippen molar-refractivity contribution in [1.82, 2.24) is 5.32 Å². The number of carbonyl (C=O) groups excluding carboxylic acids is 1. The molecule has 154 valence electrons. The summed E-state index contributed by atoms with van der Waals surface area (Å²) in [6.07, 6.45) is -2.38. The zero-order valence-electron chi connectivity index (χ0n) is 15.4. The second-order valence-corrected chi connectivity index (χ2v) is 8.40. The van der Waals surface area contributed by atoms with Crippen molar-refractivity contribution < 1.29 is 22.4 Å². The minimum absolute atomic E-state index is 0.00795. The quantitative estimate of drug-likeness (QED) is 0.575. The molecule has 1 fully saturated rings. The van der Waals surface area contributed by atoms with Gasteiger partial charge in [-0.15, -0.1) is 0 Å². The van der Waals surface area contributed by atoms with Crippen molar-refractivity contribution >= 4 is 35.3 Å². The van der Waals surface area contributed by atoms with Crippen molar-refractivity contribution in [3.63, 3.8) is 0 Å². The Balaban J connectivity index is 1.82. The van der Waals surface area contributed by atoms with Crippen LogP contribution in [0.5, 0.6) is 0 Å². The second-order valence-electron chi connectivity index (χ2n) is 6.89. The number of thioether (sulfide) groups is 1. The van der Waals surface area contributed by atoms with Gasteiger partial charge >= 0.3 is 6.18 Å². The first-order valence-electron chi connectivity index (χ1n) is 8.83. The first kappa shape index (κ1) is 21.7. The molecule has 1 heterocycles. The summed E-state index contributed by atoms with van der Waals surface area (Å²) in [7, 11) is 0. The number of benzene rings is 2. The summed E-state index contributed by atoms with van der Waals surface area (Å²) < 4.78 is 55.0. The van der Waals surface area contributed by atoms with Gasteiger partial charge in [-0.05, 0) is 47.9 Å². The molecule has 29 heavy (non-hydrogen) atoms. The molecule has 1 aliphatic rings. The predicted molar refractivity (Wildman–Crippen MR) is 109 cm³/mol. The molecule has 1 atom stereocenters. The highest BCUT2D eigenvalue weighted by molar-refractivity contribution is 8.00. The van der Waals surface area contributed by atoms with E-state index >= 15 is 0 Å². The molecule has 2 aromatic rings. The smallest absolute Gasteiger partial charge is 0.348 e. The van der Waals surface area contributed by atoms with Gasteiger partial charge in [0.2, 0.25) is 0 Å². The Morgan fingerprint density at radius 2 is 1.97 bits per heavy atom. The topological polar surface area (TPSA) is 29.1 Å². The first-order chi connectivity index (χ1) is 13.6. The number of rotatable bonds is 5. The van der Waals surface area contributed by atoms with Gasteiger partial charge in [0.05, 0.1) is 11.5 Å². The number of nitrogens with one attached hydrogen (secondary N) is 1. The summed E-state index contributed by atoms with van der Waals surface area (Å²) in [6.45, 7) is 1.66. The lowest BCUT2D eigenvalue weighted by Crippen LogP contribution is -2.44. The molecule has 1 aliphatic heterocycles. The summed E-state index contributed by atoms with van der Waals surface area (Å²) >= 11 is 7.58. The summed E-state index contributed by atoms with van der Waals surface area (Å²) in [5.74, 6) is -1.61. The Kier molecular flexibility index (Phi) is 6.58. The highest BCUT2D eigenvalue weighted by atomic mass is 35.5. The van der Waals surface area contributed by atoms with Crippen LogP contribution in [-0.2, 0) is 0 Å². The van der Waals surface area contributed by atoms with Gasteiger partial charge in [-0.2, -0.15) is 24.9 Å². The van der Waals surface area contributed by atoms with Crippen LogP contribution in [0.25, 0.3) is 6.08 Å². The van der Waals surface area contributed by atoms with E-state index < -0.39 is 23.8 Å². The van der Waals surface area contributed by atoms with Crippen LogP contribution in [0.4, 0.5) is 17.6 Å². The van der Waals surface area contributed by atoms with Crippen molar-refractivity contribution in [3.8, 4) is 0 Å². The average molecular weight is 444 g/mol. The van der Waals surface area contributed by atoms with Crippen LogP contribution in [0.2, 0.25) is 5.02 Å². The Morgan fingerprint density at radius 1 is 1.24 bits per heavy atom. The van der Waals surface area contributed by atoms with Gasteiger partial charge in [0, 0.05) is 22.6 Å². The zero-order chi connectivity index (χ0) is 21.2. The van der Waals surface area contributed by atoms with Gasteiger partial charge in [-0.3, -0.25) is 4.79 Å². The lowest BCUT2D eigenvalue weighted by Gasteiger charge is -2.25. The molecule has 1 amide bonds. The fourth-order valence-electron chi connectivity index (χ4n) is 2.96. The van der Waals surface area contributed by atoms with Gasteiger partial charge in [0.15, 0.2) is 0 Å². The van der Waals surface area contributed by atoms with Crippen LogP contribution in [-0.4, -0.2) is 29.6 Å². The van der Waals surface area contributed by atoms with Crippen LogP contribution in [0.1, 0.15) is 33.0 Å².